The van der Waals surface area contributed by atoms with Gasteiger partial charge in [-0.1, -0.05) is 6.07 Å². The van der Waals surface area contributed by atoms with Gasteiger partial charge in [-0.3, -0.25) is 4.79 Å². The van der Waals surface area contributed by atoms with Gasteiger partial charge in [-0.2, -0.15) is 11.8 Å². The van der Waals surface area contributed by atoms with Crippen molar-refractivity contribution in [3.63, 3.8) is 0 Å². The lowest BCUT2D eigenvalue weighted by molar-refractivity contribution is -0.123. The molecule has 0 saturated carbocycles. The summed E-state index contributed by atoms with van der Waals surface area (Å²) < 4.78 is 0. The first-order valence-electron chi connectivity index (χ1n) is 5.23. The summed E-state index contributed by atoms with van der Waals surface area (Å²) in [4.78, 5) is 12.9. The number of thioether (sulfide) groups is 1. The smallest absolute Gasteiger partial charge is 0.237 e. The second-order valence-electron chi connectivity index (χ2n) is 3.63. The second-order valence-corrected chi connectivity index (χ2v) is 5.60. The van der Waals surface area contributed by atoms with Gasteiger partial charge in [0.2, 0.25) is 5.91 Å². The second kappa shape index (κ2) is 6.93. The van der Waals surface area contributed by atoms with E-state index in [9.17, 15) is 4.79 Å². The van der Waals surface area contributed by atoms with E-state index in [-0.39, 0.29) is 11.9 Å². The molecule has 0 aromatic carbocycles. The molecule has 16 heavy (non-hydrogen) atoms. The van der Waals surface area contributed by atoms with Crippen LogP contribution in [0.2, 0.25) is 0 Å². The van der Waals surface area contributed by atoms with E-state index >= 15 is 0 Å². The third-order valence-corrected chi connectivity index (χ3v) is 4.00. The Balaban J connectivity index is 2.39. The predicted octanol–water partition coefficient (Wildman–Crippen LogP) is 2.01. The lowest BCUT2D eigenvalue weighted by Crippen LogP contribution is -2.41. The highest BCUT2D eigenvalue weighted by Gasteiger charge is 2.16. The van der Waals surface area contributed by atoms with Crippen LogP contribution in [0.25, 0.3) is 0 Å². The minimum Gasteiger partial charge on any atom is -0.347 e. The first kappa shape index (κ1) is 13.5. The molecule has 1 aromatic heterocycles. The molecule has 5 heteroatoms. The van der Waals surface area contributed by atoms with Crippen molar-refractivity contribution in [2.24, 2.45) is 5.73 Å². The Morgan fingerprint density at radius 2 is 2.44 bits per heavy atom. The molecule has 3 nitrogen and oxygen atoms in total. The van der Waals surface area contributed by atoms with Gasteiger partial charge in [0, 0.05) is 4.88 Å². The molecule has 0 radical (unpaired) electrons. The molecule has 2 atom stereocenters. The van der Waals surface area contributed by atoms with Crippen molar-refractivity contribution in [1.82, 2.24) is 5.32 Å². The summed E-state index contributed by atoms with van der Waals surface area (Å²) in [6, 6.07) is 3.65. The summed E-state index contributed by atoms with van der Waals surface area (Å²) >= 11 is 3.35. The summed E-state index contributed by atoms with van der Waals surface area (Å²) in [5.41, 5.74) is 5.78. The topological polar surface area (TPSA) is 55.1 Å². The van der Waals surface area contributed by atoms with Crippen LogP contribution in [0.3, 0.4) is 0 Å². The maximum Gasteiger partial charge on any atom is 0.237 e. The van der Waals surface area contributed by atoms with Gasteiger partial charge in [0.15, 0.2) is 0 Å². The van der Waals surface area contributed by atoms with Crippen LogP contribution in [0.1, 0.15) is 24.3 Å². The fourth-order valence-corrected chi connectivity index (χ4v) is 2.53. The third kappa shape index (κ3) is 4.15. The normalized spacial score (nSPS) is 14.4. The van der Waals surface area contributed by atoms with Gasteiger partial charge in [0.05, 0.1) is 12.1 Å². The van der Waals surface area contributed by atoms with Crippen LogP contribution in [0, 0.1) is 0 Å². The van der Waals surface area contributed by atoms with E-state index in [0.717, 1.165) is 17.1 Å². The molecule has 1 amide bonds. The zero-order chi connectivity index (χ0) is 12.0. The Morgan fingerprint density at radius 3 is 3.00 bits per heavy atom. The molecule has 0 aliphatic carbocycles. The van der Waals surface area contributed by atoms with Crippen LogP contribution >= 0.6 is 23.1 Å². The van der Waals surface area contributed by atoms with Crippen LogP contribution < -0.4 is 11.1 Å². The monoisotopic (exact) mass is 258 g/mol. The number of carbonyl (C=O) groups excluding carboxylic acids is 1. The molecule has 0 spiro atoms. The van der Waals surface area contributed by atoms with Crippen LogP contribution in [0.15, 0.2) is 17.5 Å². The number of nitrogens with two attached hydrogens (primary N) is 1. The number of hydrogen-bond acceptors (Lipinski definition) is 4. The maximum absolute atomic E-state index is 11.7. The largest absolute Gasteiger partial charge is 0.347 e. The van der Waals surface area contributed by atoms with Crippen LogP contribution in [0.4, 0.5) is 0 Å². The van der Waals surface area contributed by atoms with Crippen LogP contribution in [-0.4, -0.2) is 24.0 Å². The first-order valence-corrected chi connectivity index (χ1v) is 7.50. The van der Waals surface area contributed by atoms with Crippen molar-refractivity contribution >= 4 is 29.0 Å². The number of nitrogens with one attached hydrogen (secondary N) is 1. The van der Waals surface area contributed by atoms with E-state index in [1.54, 1.807) is 23.1 Å². The van der Waals surface area contributed by atoms with Gasteiger partial charge in [-0.05, 0) is 36.8 Å². The Bertz CT molecular complexity index is 314. The summed E-state index contributed by atoms with van der Waals surface area (Å²) in [5.74, 6) is 0.858. The van der Waals surface area contributed by atoms with Gasteiger partial charge in [0.1, 0.15) is 0 Å². The van der Waals surface area contributed by atoms with E-state index in [2.05, 4.69) is 5.32 Å². The Hall–Kier alpha value is -0.520. The summed E-state index contributed by atoms with van der Waals surface area (Å²) in [5, 5.41) is 4.93. The number of hydrogen-bond donors (Lipinski definition) is 2. The lowest BCUT2D eigenvalue weighted by atomic mass is 10.2. The highest BCUT2D eigenvalue weighted by molar-refractivity contribution is 7.98. The number of rotatable bonds is 6. The van der Waals surface area contributed by atoms with E-state index in [0.29, 0.717) is 0 Å². The zero-order valence-electron chi connectivity index (χ0n) is 9.60. The fraction of sp³-hybridized carbons (Fsp3) is 0.545. The van der Waals surface area contributed by atoms with Crippen molar-refractivity contribution in [1.29, 1.82) is 0 Å². The number of amides is 1. The van der Waals surface area contributed by atoms with Gasteiger partial charge < -0.3 is 11.1 Å². The van der Waals surface area contributed by atoms with E-state index in [4.69, 9.17) is 5.73 Å². The highest BCUT2D eigenvalue weighted by atomic mass is 32.2. The van der Waals surface area contributed by atoms with Crippen molar-refractivity contribution < 1.29 is 4.79 Å². The van der Waals surface area contributed by atoms with E-state index in [1.165, 1.54) is 0 Å². The zero-order valence-corrected chi connectivity index (χ0v) is 11.2. The van der Waals surface area contributed by atoms with Crippen LogP contribution in [0.5, 0.6) is 0 Å². The van der Waals surface area contributed by atoms with Crippen LogP contribution in [-0.2, 0) is 4.79 Å². The average molecular weight is 258 g/mol. The van der Waals surface area contributed by atoms with Gasteiger partial charge in [-0.15, -0.1) is 11.3 Å². The molecule has 0 aliphatic rings. The molecule has 1 rings (SSSR count). The Labute approximate surface area is 105 Å². The van der Waals surface area contributed by atoms with Gasteiger partial charge >= 0.3 is 0 Å². The summed E-state index contributed by atoms with van der Waals surface area (Å²) in [6.45, 7) is 1.98. The SMILES string of the molecule is CSCC[C@H](N)C(=O)N[C@@H](C)c1cccs1. The minimum absolute atomic E-state index is 0.0489. The van der Waals surface area contributed by atoms with Crippen molar-refractivity contribution in [3.05, 3.63) is 22.4 Å². The molecule has 0 saturated heterocycles. The van der Waals surface area contributed by atoms with Gasteiger partial charge in [0.25, 0.3) is 0 Å². The molecule has 0 fully saturated rings. The first-order chi connectivity index (χ1) is 7.65. The lowest BCUT2D eigenvalue weighted by Gasteiger charge is -2.16. The van der Waals surface area contributed by atoms with E-state index < -0.39 is 6.04 Å². The molecule has 0 bridgehead atoms. The highest BCUT2D eigenvalue weighted by Crippen LogP contribution is 2.18. The standard InChI is InChI=1S/C11H18N2OS2/c1-8(10-4-3-6-16-10)13-11(14)9(12)5-7-15-2/h3-4,6,8-9H,5,7,12H2,1-2H3,(H,13,14)/t8-,9-/m0/s1. The average Bonchev–Trinajstić information content (AvgIpc) is 2.79. The Kier molecular flexibility index (Phi) is 5.87. The fourth-order valence-electron chi connectivity index (χ4n) is 1.31. The van der Waals surface area contributed by atoms with E-state index in [1.807, 2.05) is 30.7 Å². The third-order valence-electron chi connectivity index (χ3n) is 2.30. The molecule has 1 aromatic rings. The predicted molar refractivity (Wildman–Crippen MR) is 71.9 cm³/mol. The molecule has 1 heterocycles. The number of thiophene rings is 1. The number of carbonyl (C=O) groups is 1. The minimum atomic E-state index is -0.394. The molecule has 0 aliphatic heterocycles. The molecular weight excluding hydrogens is 240 g/mol. The van der Waals surface area contributed by atoms with Crippen molar-refractivity contribution in [2.45, 2.75) is 25.4 Å². The van der Waals surface area contributed by atoms with Crippen molar-refractivity contribution in [2.75, 3.05) is 12.0 Å². The summed E-state index contributed by atoms with van der Waals surface area (Å²) in [7, 11) is 0. The van der Waals surface area contributed by atoms with Crippen molar-refractivity contribution in [3.8, 4) is 0 Å². The Morgan fingerprint density at radius 1 is 1.69 bits per heavy atom. The molecular formula is C11H18N2OS2. The quantitative estimate of drug-likeness (QED) is 0.820. The summed E-state index contributed by atoms with van der Waals surface area (Å²) in [6.07, 6.45) is 2.74. The molecule has 3 N–H and O–H groups in total. The molecule has 0 unspecified atom stereocenters. The molecule has 90 valence electrons. The van der Waals surface area contributed by atoms with Gasteiger partial charge in [-0.25, -0.2) is 0 Å². The maximum atomic E-state index is 11.7.